The highest BCUT2D eigenvalue weighted by molar-refractivity contribution is 7.20. The fraction of sp³-hybridized carbons (Fsp3) is 0.126. The average molecular weight is 1150 g/mol. The molecule has 0 N–H and O–H groups in total. The van der Waals surface area contributed by atoms with Gasteiger partial charge in [0.25, 0.3) is 0 Å². The molecule has 428 valence electrons. The first-order valence-electron chi connectivity index (χ1n) is 31.4. The molecule has 0 amide bonds. The Morgan fingerprint density at radius 2 is 0.375 bits per heavy atom. The molecule has 0 bridgehead atoms. The quantitative estimate of drug-likeness (QED) is 0.0797. The van der Waals surface area contributed by atoms with Gasteiger partial charge in [-0.3, -0.25) is 0 Å². The van der Waals surface area contributed by atoms with E-state index in [1.165, 1.54) is 171 Å². The molecule has 13 rings (SSSR count). The van der Waals surface area contributed by atoms with Crippen LogP contribution in [0.15, 0.2) is 295 Å². The van der Waals surface area contributed by atoms with Crippen LogP contribution >= 0.6 is 0 Å². The van der Waals surface area contributed by atoms with Crippen molar-refractivity contribution in [1.82, 2.24) is 0 Å². The zero-order valence-electron chi connectivity index (χ0n) is 52.6. The zero-order chi connectivity index (χ0) is 60.8. The van der Waals surface area contributed by atoms with Crippen molar-refractivity contribution in [3.8, 4) is 100 Å². The van der Waals surface area contributed by atoms with Crippen LogP contribution in [0, 0.1) is 47.5 Å². The van der Waals surface area contributed by atoms with E-state index in [1.807, 2.05) is 0 Å². The van der Waals surface area contributed by atoms with E-state index in [2.05, 4.69) is 342 Å². The van der Waals surface area contributed by atoms with Crippen LogP contribution in [0.4, 0.5) is 0 Å². The minimum atomic E-state index is -4.38. The first kappa shape index (κ1) is 57.4. The Morgan fingerprint density at radius 3 is 0.557 bits per heavy atom. The second kappa shape index (κ2) is 23.9. The van der Waals surface area contributed by atoms with Crippen molar-refractivity contribution in [2.24, 2.45) is 5.92 Å². The average Bonchev–Trinajstić information content (AvgIpc) is 0.953. The maximum atomic E-state index is 2.57. The van der Waals surface area contributed by atoms with Crippen LogP contribution in [0.25, 0.3) is 100 Å². The standard InChI is InChI=1S/C87H76Si/c1-56-57(2)65(10)84(64(56)9)88(85-78(69-44-26-14-27-45-69)61(6)58(3)75(66-38-20-11-21-39-66)81(85)72-50-32-17-33-51-72,86-79(70-46-28-15-29-47-70)62(7)59(4)76(67-40-22-12-23-41-67)82(86)73-52-34-18-35-53-73)87-80(71-48-30-16-31-49-71)63(8)60(5)77(68-42-24-13-25-43-68)83(87)74-54-36-19-37-55-74/h11-55,64H,1-10H3. The molecule has 0 aliphatic heterocycles. The van der Waals surface area contributed by atoms with Gasteiger partial charge in [0, 0.05) is 0 Å². The van der Waals surface area contributed by atoms with Crippen molar-refractivity contribution in [3.63, 3.8) is 0 Å². The lowest BCUT2D eigenvalue weighted by Gasteiger charge is -2.48. The Kier molecular flexibility index (Phi) is 15.6. The van der Waals surface area contributed by atoms with E-state index < -0.39 is 8.07 Å². The molecule has 0 saturated carbocycles. The highest BCUT2D eigenvalue weighted by Gasteiger charge is 2.57. The molecule has 12 aromatic rings. The second-order valence-electron chi connectivity index (χ2n) is 24.4. The van der Waals surface area contributed by atoms with Gasteiger partial charge in [0.2, 0.25) is 0 Å². The van der Waals surface area contributed by atoms with Gasteiger partial charge < -0.3 is 0 Å². The zero-order valence-corrected chi connectivity index (χ0v) is 53.6. The summed E-state index contributed by atoms with van der Waals surface area (Å²) >= 11 is 0. The maximum absolute atomic E-state index is 4.38. The maximum Gasteiger partial charge on any atom is 0.180 e. The van der Waals surface area contributed by atoms with E-state index in [1.54, 1.807) is 0 Å². The van der Waals surface area contributed by atoms with Crippen molar-refractivity contribution >= 4 is 23.6 Å². The Hall–Kier alpha value is -9.66. The summed E-state index contributed by atoms with van der Waals surface area (Å²) in [6, 6.07) is 104. The third kappa shape index (κ3) is 9.43. The summed E-state index contributed by atoms with van der Waals surface area (Å²) in [6.45, 7) is 24.5. The molecule has 1 unspecified atom stereocenters. The van der Waals surface area contributed by atoms with Gasteiger partial charge in [0.05, 0.1) is 0 Å². The summed E-state index contributed by atoms with van der Waals surface area (Å²) in [5.41, 5.74) is 34.2. The Labute approximate surface area is 524 Å². The van der Waals surface area contributed by atoms with Crippen LogP contribution in [-0.4, -0.2) is 8.07 Å². The molecular weight excluding hydrogens is 1070 g/mol. The minimum Gasteiger partial charge on any atom is -0.0636 e. The lowest BCUT2D eigenvalue weighted by molar-refractivity contribution is 0.852. The van der Waals surface area contributed by atoms with E-state index in [9.17, 15) is 0 Å². The Bertz CT molecular complexity index is 4180. The number of benzene rings is 12. The number of allylic oxidation sites excluding steroid dienone is 4. The molecule has 1 aliphatic carbocycles. The van der Waals surface area contributed by atoms with Crippen molar-refractivity contribution in [2.45, 2.75) is 69.2 Å². The summed E-state index contributed by atoms with van der Waals surface area (Å²) in [5.74, 6) is 0.00348. The third-order valence-corrected chi connectivity index (χ3v) is 25.3. The molecule has 1 atom stereocenters. The predicted molar refractivity (Wildman–Crippen MR) is 382 cm³/mol. The molecule has 88 heavy (non-hydrogen) atoms. The van der Waals surface area contributed by atoms with Crippen molar-refractivity contribution in [2.75, 3.05) is 0 Å². The summed E-state index contributed by atoms with van der Waals surface area (Å²) in [5, 5.41) is 5.74. The summed E-state index contributed by atoms with van der Waals surface area (Å²) in [6.07, 6.45) is 0. The van der Waals surface area contributed by atoms with Crippen LogP contribution in [0.1, 0.15) is 61.1 Å². The summed E-state index contributed by atoms with van der Waals surface area (Å²) in [4.78, 5) is 0. The van der Waals surface area contributed by atoms with Crippen molar-refractivity contribution in [3.05, 3.63) is 328 Å². The first-order valence-corrected chi connectivity index (χ1v) is 33.4. The molecule has 12 aromatic carbocycles. The van der Waals surface area contributed by atoms with E-state index in [4.69, 9.17) is 0 Å². The smallest absolute Gasteiger partial charge is 0.0636 e. The molecule has 0 nitrogen and oxygen atoms in total. The number of hydrogen-bond donors (Lipinski definition) is 0. The minimum absolute atomic E-state index is 0.00348. The number of rotatable bonds is 13. The molecule has 0 spiro atoms. The lowest BCUT2D eigenvalue weighted by Crippen LogP contribution is -2.72. The molecule has 0 heterocycles. The van der Waals surface area contributed by atoms with E-state index >= 15 is 0 Å². The van der Waals surface area contributed by atoms with Crippen molar-refractivity contribution in [1.29, 1.82) is 0 Å². The van der Waals surface area contributed by atoms with Crippen LogP contribution in [0.3, 0.4) is 0 Å². The van der Waals surface area contributed by atoms with Crippen LogP contribution in [0.2, 0.25) is 0 Å². The Morgan fingerprint density at radius 1 is 0.205 bits per heavy atom. The lowest BCUT2D eigenvalue weighted by atomic mass is 9.83. The first-order chi connectivity index (χ1) is 42.9. The van der Waals surface area contributed by atoms with Crippen LogP contribution in [-0.2, 0) is 0 Å². The highest BCUT2D eigenvalue weighted by Crippen LogP contribution is 2.54. The largest absolute Gasteiger partial charge is 0.180 e. The second-order valence-corrected chi connectivity index (χ2v) is 27.9. The van der Waals surface area contributed by atoms with Gasteiger partial charge >= 0.3 is 0 Å². The molecule has 0 aromatic heterocycles. The van der Waals surface area contributed by atoms with E-state index in [-0.39, 0.29) is 5.92 Å². The fourth-order valence-electron chi connectivity index (χ4n) is 15.3. The molecule has 0 saturated heterocycles. The van der Waals surface area contributed by atoms with Gasteiger partial charge in [0.1, 0.15) is 0 Å². The molecule has 0 radical (unpaired) electrons. The topological polar surface area (TPSA) is 0 Å². The van der Waals surface area contributed by atoms with E-state index in [0.29, 0.717) is 0 Å². The van der Waals surface area contributed by atoms with Crippen molar-refractivity contribution < 1.29 is 0 Å². The monoisotopic (exact) mass is 1150 g/mol. The van der Waals surface area contributed by atoms with Gasteiger partial charge in [-0.15, -0.1) is 0 Å². The molecule has 0 fully saturated rings. The summed E-state index contributed by atoms with van der Waals surface area (Å²) in [7, 11) is -4.38. The fourth-order valence-corrected chi connectivity index (χ4v) is 22.6. The molecule has 1 heteroatoms. The van der Waals surface area contributed by atoms with Gasteiger partial charge in [-0.05, 0) is 223 Å². The van der Waals surface area contributed by atoms with E-state index in [0.717, 1.165) is 0 Å². The van der Waals surface area contributed by atoms with Crippen LogP contribution in [0.5, 0.6) is 0 Å². The SMILES string of the molecule is CC1=C(C)C(C)C([Si](c2c(-c3ccccc3)c(C)c(C)c(-c3ccccc3)c2-c2ccccc2)(c2c(-c3ccccc3)c(C)c(C)c(-c3ccccc3)c2-c2ccccc2)c2c(-c3ccccc3)c(C)c(C)c(-c3ccccc3)c2-c2ccccc2)=C1C. The predicted octanol–water partition coefficient (Wildman–Crippen LogP) is 21.9. The Balaban J connectivity index is 1.53. The normalized spacial score (nSPS) is 13.4. The van der Waals surface area contributed by atoms with Crippen LogP contribution < -0.4 is 15.6 Å². The number of hydrogen-bond acceptors (Lipinski definition) is 0. The third-order valence-electron chi connectivity index (χ3n) is 19.9. The van der Waals surface area contributed by atoms with Gasteiger partial charge in [0.15, 0.2) is 8.07 Å². The van der Waals surface area contributed by atoms with Gasteiger partial charge in [-0.1, -0.05) is 296 Å². The summed E-state index contributed by atoms with van der Waals surface area (Å²) < 4.78 is 0. The molecule has 1 aliphatic rings. The highest BCUT2D eigenvalue weighted by atomic mass is 28.3. The van der Waals surface area contributed by atoms with Gasteiger partial charge in [-0.2, -0.15) is 0 Å². The molecular formula is C87H76Si. The van der Waals surface area contributed by atoms with Gasteiger partial charge in [-0.25, -0.2) is 0 Å².